The van der Waals surface area contributed by atoms with Gasteiger partial charge >= 0.3 is 6.18 Å². The van der Waals surface area contributed by atoms with Gasteiger partial charge in [0.05, 0.1) is 11.6 Å². The fraction of sp³-hybridized carbons (Fsp3) is 0.533. The van der Waals surface area contributed by atoms with Gasteiger partial charge in [0.25, 0.3) is 0 Å². The van der Waals surface area contributed by atoms with Crippen molar-refractivity contribution in [1.82, 2.24) is 5.32 Å². The molecule has 0 aromatic heterocycles. The molecule has 0 bridgehead atoms. The highest BCUT2D eigenvalue weighted by Crippen LogP contribution is 2.35. The minimum atomic E-state index is -4.54. The molecule has 3 N–H and O–H groups in total. The molecule has 0 spiro atoms. The molecule has 1 aromatic carbocycles. The van der Waals surface area contributed by atoms with E-state index in [1.165, 1.54) is 19.1 Å². The molecule has 23 heavy (non-hydrogen) atoms. The van der Waals surface area contributed by atoms with Crippen LogP contribution in [-0.2, 0) is 17.5 Å². The molecule has 0 fully saturated rings. The van der Waals surface area contributed by atoms with Crippen LogP contribution in [0.2, 0.25) is 0 Å². The maximum Gasteiger partial charge on any atom is 0.416 e. The summed E-state index contributed by atoms with van der Waals surface area (Å²) >= 11 is 0. The Morgan fingerprint density at radius 3 is 2.30 bits per heavy atom. The molecule has 0 heterocycles. The number of nitrogens with one attached hydrogen (secondary N) is 1. The lowest BCUT2D eigenvalue weighted by molar-refractivity contribution is -0.138. The van der Waals surface area contributed by atoms with Crippen molar-refractivity contribution in [3.05, 3.63) is 29.3 Å². The molecule has 1 aromatic rings. The van der Waals surface area contributed by atoms with Crippen LogP contribution in [0.3, 0.4) is 0 Å². The van der Waals surface area contributed by atoms with Crippen LogP contribution >= 0.6 is 12.4 Å². The number of alkyl halides is 3. The summed E-state index contributed by atoms with van der Waals surface area (Å²) in [5, 5.41) is 2.37. The first-order valence-electron chi connectivity index (χ1n) is 6.82. The van der Waals surface area contributed by atoms with Gasteiger partial charge in [0.15, 0.2) is 0 Å². The van der Waals surface area contributed by atoms with E-state index in [1.54, 1.807) is 20.8 Å². The van der Waals surface area contributed by atoms with Crippen LogP contribution < -0.4 is 15.8 Å². The van der Waals surface area contributed by atoms with Crippen LogP contribution in [0.5, 0.6) is 5.75 Å². The van der Waals surface area contributed by atoms with Crippen molar-refractivity contribution in [1.29, 1.82) is 0 Å². The third kappa shape index (κ3) is 7.09. The molecule has 0 saturated heterocycles. The Bertz CT molecular complexity index is 541. The molecule has 132 valence electrons. The Morgan fingerprint density at radius 1 is 1.30 bits per heavy atom. The molecular formula is C15H22ClF3N2O2. The van der Waals surface area contributed by atoms with E-state index < -0.39 is 29.3 Å². The zero-order valence-electron chi connectivity index (χ0n) is 13.5. The third-order valence-corrected chi connectivity index (χ3v) is 2.68. The Kier molecular flexibility index (Phi) is 7.37. The third-order valence-electron chi connectivity index (χ3n) is 2.68. The molecule has 0 aliphatic carbocycles. The van der Waals surface area contributed by atoms with Gasteiger partial charge in [-0.25, -0.2) is 0 Å². The molecule has 0 radical (unpaired) electrons. The molecule has 1 rings (SSSR count). The van der Waals surface area contributed by atoms with Crippen molar-refractivity contribution in [3.8, 4) is 5.75 Å². The number of hydrogen-bond acceptors (Lipinski definition) is 3. The van der Waals surface area contributed by atoms with Crippen molar-refractivity contribution in [2.24, 2.45) is 5.73 Å². The van der Waals surface area contributed by atoms with Gasteiger partial charge in [-0.3, -0.25) is 4.79 Å². The summed E-state index contributed by atoms with van der Waals surface area (Å²) in [6.45, 7) is 6.45. The molecule has 0 saturated carbocycles. The Morgan fingerprint density at radius 2 is 1.87 bits per heavy atom. The molecule has 4 nitrogen and oxygen atoms in total. The summed E-state index contributed by atoms with van der Waals surface area (Å²) in [6, 6.07) is 2.91. The molecule has 0 aliphatic heterocycles. The Labute approximate surface area is 140 Å². The Balaban J connectivity index is 0.00000484. The van der Waals surface area contributed by atoms with Crippen molar-refractivity contribution in [2.75, 3.05) is 0 Å². The van der Waals surface area contributed by atoms with E-state index in [9.17, 15) is 18.0 Å². The van der Waals surface area contributed by atoms with Crippen LogP contribution in [0.1, 0.15) is 38.8 Å². The molecule has 1 atom stereocenters. The van der Waals surface area contributed by atoms with E-state index in [-0.39, 0.29) is 30.3 Å². The Hall–Kier alpha value is -1.47. The minimum Gasteiger partial charge on any atom is -0.488 e. The highest BCUT2D eigenvalue weighted by atomic mass is 35.5. The van der Waals surface area contributed by atoms with Gasteiger partial charge in [-0.2, -0.15) is 13.2 Å². The largest absolute Gasteiger partial charge is 0.488 e. The van der Waals surface area contributed by atoms with Crippen molar-refractivity contribution in [2.45, 2.75) is 52.1 Å². The first kappa shape index (κ1) is 21.5. The lowest BCUT2D eigenvalue weighted by Gasteiger charge is -2.23. The zero-order valence-corrected chi connectivity index (χ0v) is 14.3. The van der Waals surface area contributed by atoms with Crippen LogP contribution in [0.25, 0.3) is 0 Å². The minimum absolute atomic E-state index is 0. The monoisotopic (exact) mass is 354 g/mol. The number of nitrogens with two attached hydrogens (primary N) is 1. The molecule has 0 aliphatic rings. The predicted octanol–water partition coefficient (Wildman–Crippen LogP) is 3.27. The summed E-state index contributed by atoms with van der Waals surface area (Å²) < 4.78 is 44.9. The molecule has 8 heteroatoms. The van der Waals surface area contributed by atoms with Gasteiger partial charge in [-0.1, -0.05) is 6.07 Å². The predicted molar refractivity (Wildman–Crippen MR) is 84.6 cm³/mol. The number of amides is 1. The normalized spacial score (nSPS) is 13.0. The van der Waals surface area contributed by atoms with Crippen molar-refractivity contribution < 1.29 is 22.7 Å². The van der Waals surface area contributed by atoms with Gasteiger partial charge < -0.3 is 15.8 Å². The highest BCUT2D eigenvalue weighted by molar-refractivity contribution is 5.85. The number of halogens is 4. The van der Waals surface area contributed by atoms with Crippen LogP contribution in [0.4, 0.5) is 13.2 Å². The topological polar surface area (TPSA) is 64.4 Å². The number of rotatable bonds is 4. The smallest absolute Gasteiger partial charge is 0.416 e. The van der Waals surface area contributed by atoms with Gasteiger partial charge in [-0.05, 0) is 45.4 Å². The van der Waals surface area contributed by atoms with Crippen LogP contribution in [0.15, 0.2) is 18.2 Å². The van der Waals surface area contributed by atoms with E-state index in [2.05, 4.69) is 5.32 Å². The van der Waals surface area contributed by atoms with Crippen LogP contribution in [-0.4, -0.2) is 17.6 Å². The summed E-state index contributed by atoms with van der Waals surface area (Å²) in [5.41, 5.74) is 3.89. The SMILES string of the molecule is C[C@H](N)C(=O)NCc1ccc(OC(C)(C)C)cc1C(F)(F)F.Cl. The standard InChI is InChI=1S/C15H21F3N2O2.ClH/c1-9(19)13(21)20-8-10-5-6-11(22-14(2,3)4)7-12(10)15(16,17)18;/h5-7,9H,8,19H2,1-4H3,(H,20,21);1H/t9-;/m0./s1. The van der Waals surface area contributed by atoms with E-state index >= 15 is 0 Å². The summed E-state index contributed by atoms with van der Waals surface area (Å²) in [7, 11) is 0. The molecular weight excluding hydrogens is 333 g/mol. The molecule has 0 unspecified atom stereocenters. The van der Waals surface area contributed by atoms with Gasteiger partial charge in [-0.15, -0.1) is 12.4 Å². The summed E-state index contributed by atoms with van der Waals surface area (Å²) in [4.78, 5) is 11.4. The lowest BCUT2D eigenvalue weighted by atomic mass is 10.1. The van der Waals surface area contributed by atoms with Gasteiger partial charge in [0, 0.05) is 6.54 Å². The quantitative estimate of drug-likeness (QED) is 0.872. The number of ether oxygens (including phenoxy) is 1. The van der Waals surface area contributed by atoms with Crippen molar-refractivity contribution in [3.63, 3.8) is 0 Å². The first-order valence-corrected chi connectivity index (χ1v) is 6.82. The van der Waals surface area contributed by atoms with E-state index in [4.69, 9.17) is 10.5 Å². The van der Waals surface area contributed by atoms with E-state index in [0.29, 0.717) is 0 Å². The molecule has 1 amide bonds. The van der Waals surface area contributed by atoms with E-state index in [0.717, 1.165) is 6.07 Å². The zero-order chi connectivity index (χ0) is 17.1. The van der Waals surface area contributed by atoms with Gasteiger partial charge in [0.2, 0.25) is 5.91 Å². The van der Waals surface area contributed by atoms with E-state index in [1.807, 2.05) is 0 Å². The van der Waals surface area contributed by atoms with Gasteiger partial charge in [0.1, 0.15) is 11.4 Å². The fourth-order valence-electron chi connectivity index (χ4n) is 1.73. The average Bonchev–Trinajstić information content (AvgIpc) is 2.33. The lowest BCUT2D eigenvalue weighted by Crippen LogP contribution is -2.38. The summed E-state index contributed by atoms with van der Waals surface area (Å²) in [5.74, 6) is -0.384. The fourth-order valence-corrected chi connectivity index (χ4v) is 1.73. The second-order valence-electron chi connectivity index (χ2n) is 6.04. The summed E-state index contributed by atoms with van der Waals surface area (Å²) in [6.07, 6.45) is -4.54. The number of benzene rings is 1. The maximum absolute atomic E-state index is 13.2. The van der Waals surface area contributed by atoms with Crippen LogP contribution in [0, 0.1) is 0 Å². The second-order valence-corrected chi connectivity index (χ2v) is 6.04. The number of carbonyl (C=O) groups excluding carboxylic acids is 1. The highest BCUT2D eigenvalue weighted by Gasteiger charge is 2.34. The number of carbonyl (C=O) groups is 1. The van der Waals surface area contributed by atoms with Crippen molar-refractivity contribution >= 4 is 18.3 Å². The maximum atomic E-state index is 13.2. The first-order chi connectivity index (χ1) is 9.90. The average molecular weight is 355 g/mol. The number of hydrogen-bond donors (Lipinski definition) is 2. The second kappa shape index (κ2) is 7.88.